The molecule has 1 aliphatic heterocycles. The first kappa shape index (κ1) is 22.0. The van der Waals surface area contributed by atoms with Gasteiger partial charge in [-0.1, -0.05) is 31.5 Å². The first-order valence-electron chi connectivity index (χ1n) is 9.93. The SMILES string of the molecule is CCC(CC)OC1=CC(C)=NC(Oc2c(C)cc(C)cc2C)C1(C)C(=O)OC. The van der Waals surface area contributed by atoms with Gasteiger partial charge in [-0.25, -0.2) is 4.99 Å². The summed E-state index contributed by atoms with van der Waals surface area (Å²) < 4.78 is 17.7. The Hall–Kier alpha value is -2.30. The van der Waals surface area contributed by atoms with Crippen LogP contribution in [0.5, 0.6) is 5.75 Å². The molecule has 0 aromatic heterocycles. The lowest BCUT2D eigenvalue weighted by Crippen LogP contribution is -2.48. The number of carbonyl (C=O) groups is 1. The number of benzene rings is 1. The van der Waals surface area contributed by atoms with E-state index in [0.717, 1.165) is 35.4 Å². The van der Waals surface area contributed by atoms with Crippen molar-refractivity contribution >= 4 is 11.7 Å². The third-order valence-corrected chi connectivity index (χ3v) is 5.31. The number of carbonyl (C=O) groups excluding carboxylic acids is 1. The van der Waals surface area contributed by atoms with Gasteiger partial charge in [0.05, 0.1) is 13.2 Å². The van der Waals surface area contributed by atoms with Crippen LogP contribution in [0, 0.1) is 26.2 Å². The fraction of sp³-hybridized carbons (Fsp3) is 0.565. The molecule has 154 valence electrons. The molecule has 0 fully saturated rings. The Kier molecular flexibility index (Phi) is 6.91. The van der Waals surface area contributed by atoms with Crippen LogP contribution >= 0.6 is 0 Å². The molecule has 0 saturated heterocycles. The van der Waals surface area contributed by atoms with E-state index in [2.05, 4.69) is 37.9 Å². The highest BCUT2D eigenvalue weighted by molar-refractivity contribution is 5.96. The van der Waals surface area contributed by atoms with Crippen molar-refractivity contribution in [1.29, 1.82) is 0 Å². The number of methoxy groups -OCH3 is 1. The first-order chi connectivity index (χ1) is 13.2. The minimum Gasteiger partial charge on any atom is -0.493 e. The van der Waals surface area contributed by atoms with E-state index >= 15 is 0 Å². The van der Waals surface area contributed by atoms with Crippen LogP contribution in [0.4, 0.5) is 0 Å². The van der Waals surface area contributed by atoms with Crippen LogP contribution in [0.15, 0.2) is 29.0 Å². The molecule has 2 atom stereocenters. The van der Waals surface area contributed by atoms with E-state index in [1.165, 1.54) is 12.7 Å². The van der Waals surface area contributed by atoms with Gasteiger partial charge in [0.25, 0.3) is 0 Å². The number of dihydropyridines is 1. The number of ether oxygens (including phenoxy) is 3. The van der Waals surface area contributed by atoms with Crippen LogP contribution in [0.25, 0.3) is 0 Å². The van der Waals surface area contributed by atoms with E-state index in [1.807, 2.05) is 26.8 Å². The Balaban J connectivity index is 2.50. The van der Waals surface area contributed by atoms with Crippen molar-refractivity contribution in [3.05, 3.63) is 40.7 Å². The summed E-state index contributed by atoms with van der Waals surface area (Å²) in [4.78, 5) is 17.5. The number of esters is 1. The largest absolute Gasteiger partial charge is 0.493 e. The lowest BCUT2D eigenvalue weighted by molar-refractivity contribution is -0.158. The molecule has 1 aromatic carbocycles. The zero-order valence-electron chi connectivity index (χ0n) is 18.4. The second-order valence-corrected chi connectivity index (χ2v) is 7.73. The van der Waals surface area contributed by atoms with Crippen LogP contribution in [0.1, 0.15) is 57.2 Å². The molecule has 5 nitrogen and oxygen atoms in total. The van der Waals surface area contributed by atoms with Crippen molar-refractivity contribution < 1.29 is 19.0 Å². The van der Waals surface area contributed by atoms with Gasteiger partial charge in [0.1, 0.15) is 11.5 Å². The minimum atomic E-state index is -1.17. The zero-order valence-corrected chi connectivity index (χ0v) is 18.4. The van der Waals surface area contributed by atoms with Gasteiger partial charge in [-0.2, -0.15) is 0 Å². The molecule has 0 aliphatic carbocycles. The predicted molar refractivity (Wildman–Crippen MR) is 112 cm³/mol. The number of hydrogen-bond donors (Lipinski definition) is 0. The summed E-state index contributed by atoms with van der Waals surface area (Å²) in [6, 6.07) is 4.13. The molecule has 5 heteroatoms. The summed E-state index contributed by atoms with van der Waals surface area (Å²) >= 11 is 0. The number of rotatable bonds is 7. The van der Waals surface area contributed by atoms with E-state index in [9.17, 15) is 4.79 Å². The van der Waals surface area contributed by atoms with Gasteiger partial charge in [-0.15, -0.1) is 0 Å². The average molecular weight is 388 g/mol. The van der Waals surface area contributed by atoms with Crippen molar-refractivity contribution in [2.75, 3.05) is 7.11 Å². The van der Waals surface area contributed by atoms with E-state index in [1.54, 1.807) is 6.92 Å². The Bertz CT molecular complexity index is 769. The third-order valence-electron chi connectivity index (χ3n) is 5.31. The zero-order chi connectivity index (χ0) is 21.1. The van der Waals surface area contributed by atoms with Gasteiger partial charge in [-0.3, -0.25) is 4.79 Å². The highest BCUT2D eigenvalue weighted by Crippen LogP contribution is 2.41. The first-order valence-corrected chi connectivity index (χ1v) is 9.93. The van der Waals surface area contributed by atoms with Crippen molar-refractivity contribution in [2.24, 2.45) is 10.4 Å². The van der Waals surface area contributed by atoms with Gasteiger partial charge in [0.15, 0.2) is 5.41 Å². The highest BCUT2D eigenvalue weighted by Gasteiger charge is 2.52. The molecule has 0 bridgehead atoms. The van der Waals surface area contributed by atoms with Crippen LogP contribution in [0.3, 0.4) is 0 Å². The maximum Gasteiger partial charge on any atom is 0.325 e. The number of aryl methyl sites for hydroxylation is 3. The number of aliphatic imine (C=N–C) groups is 1. The Morgan fingerprint density at radius 1 is 1.14 bits per heavy atom. The van der Waals surface area contributed by atoms with Gasteiger partial charge in [0, 0.05) is 5.71 Å². The van der Waals surface area contributed by atoms with Gasteiger partial charge < -0.3 is 14.2 Å². The Morgan fingerprint density at radius 3 is 2.21 bits per heavy atom. The number of nitrogens with zero attached hydrogens (tertiary/aromatic N) is 1. The molecule has 1 aliphatic rings. The monoisotopic (exact) mass is 387 g/mol. The van der Waals surface area contributed by atoms with Gasteiger partial charge in [-0.05, 0) is 64.7 Å². The van der Waals surface area contributed by atoms with Crippen LogP contribution < -0.4 is 4.74 Å². The molecule has 0 radical (unpaired) electrons. The maximum atomic E-state index is 12.9. The summed E-state index contributed by atoms with van der Waals surface area (Å²) in [6.07, 6.45) is 2.77. The standard InChI is InChI=1S/C23H33NO4/c1-9-18(10-2)27-19-13-17(6)24-21(23(19,7)22(25)26-8)28-20-15(4)11-14(3)12-16(20)5/h11-13,18,21H,9-10H2,1-8H3. The topological polar surface area (TPSA) is 57.1 Å². The Labute approximate surface area is 168 Å². The second kappa shape index (κ2) is 8.80. The summed E-state index contributed by atoms with van der Waals surface area (Å²) in [6.45, 7) is 13.9. The molecule has 0 saturated carbocycles. The minimum absolute atomic E-state index is 0.0182. The van der Waals surface area contributed by atoms with Crippen LogP contribution in [-0.4, -0.2) is 31.1 Å². The smallest absolute Gasteiger partial charge is 0.325 e. The van der Waals surface area contributed by atoms with Crippen molar-refractivity contribution in [1.82, 2.24) is 0 Å². The van der Waals surface area contributed by atoms with E-state index < -0.39 is 17.6 Å². The summed E-state index contributed by atoms with van der Waals surface area (Å²) in [5.41, 5.74) is 2.78. The number of allylic oxidation sites excluding steroid dienone is 1. The molecule has 2 unspecified atom stereocenters. The van der Waals surface area contributed by atoms with Gasteiger partial charge >= 0.3 is 5.97 Å². The van der Waals surface area contributed by atoms with Crippen molar-refractivity contribution in [3.63, 3.8) is 0 Å². The average Bonchev–Trinajstić information content (AvgIpc) is 2.64. The highest BCUT2D eigenvalue weighted by atomic mass is 16.5. The molecule has 0 spiro atoms. The molecule has 1 heterocycles. The molecular weight excluding hydrogens is 354 g/mol. The maximum absolute atomic E-state index is 12.9. The summed E-state index contributed by atoms with van der Waals surface area (Å²) in [5.74, 6) is 0.868. The predicted octanol–water partition coefficient (Wildman–Crippen LogP) is 5.06. The van der Waals surface area contributed by atoms with E-state index in [-0.39, 0.29) is 6.10 Å². The molecule has 2 rings (SSSR count). The quantitative estimate of drug-likeness (QED) is 0.614. The van der Waals surface area contributed by atoms with E-state index in [0.29, 0.717) is 5.76 Å². The van der Waals surface area contributed by atoms with Crippen molar-refractivity contribution in [2.45, 2.75) is 73.6 Å². The second-order valence-electron chi connectivity index (χ2n) is 7.73. The molecule has 0 amide bonds. The number of hydrogen-bond acceptors (Lipinski definition) is 5. The van der Waals surface area contributed by atoms with Gasteiger partial charge in [0.2, 0.25) is 6.23 Å². The molecule has 0 N–H and O–H groups in total. The summed E-state index contributed by atoms with van der Waals surface area (Å²) in [5, 5.41) is 0. The third kappa shape index (κ3) is 4.23. The molecule has 1 aromatic rings. The van der Waals surface area contributed by atoms with Crippen LogP contribution in [0.2, 0.25) is 0 Å². The van der Waals surface area contributed by atoms with E-state index in [4.69, 9.17) is 14.2 Å². The molecular formula is C23H33NO4. The Morgan fingerprint density at radius 2 is 1.71 bits per heavy atom. The van der Waals surface area contributed by atoms with Crippen LogP contribution in [-0.2, 0) is 14.3 Å². The lowest BCUT2D eigenvalue weighted by Gasteiger charge is -2.38. The lowest BCUT2D eigenvalue weighted by atomic mass is 9.83. The fourth-order valence-corrected chi connectivity index (χ4v) is 3.63. The molecule has 28 heavy (non-hydrogen) atoms. The van der Waals surface area contributed by atoms with Crippen molar-refractivity contribution in [3.8, 4) is 5.75 Å². The summed E-state index contributed by atoms with van der Waals surface area (Å²) in [7, 11) is 1.38. The normalized spacial score (nSPS) is 21.8. The fourth-order valence-electron chi connectivity index (χ4n) is 3.63.